The van der Waals surface area contributed by atoms with Crippen molar-refractivity contribution in [2.45, 2.75) is 45.8 Å². The van der Waals surface area contributed by atoms with Crippen molar-refractivity contribution in [3.05, 3.63) is 35.6 Å². The zero-order chi connectivity index (χ0) is 17.7. The van der Waals surface area contributed by atoms with E-state index in [4.69, 9.17) is 0 Å². The average Bonchev–Trinajstić information content (AvgIpc) is 3.01. The van der Waals surface area contributed by atoms with Crippen molar-refractivity contribution in [2.24, 2.45) is 5.92 Å². The van der Waals surface area contributed by atoms with Gasteiger partial charge in [-0.1, -0.05) is 12.1 Å². The monoisotopic (exact) mass is 336 g/mol. The Morgan fingerprint density at radius 2 is 1.88 bits per heavy atom. The summed E-state index contributed by atoms with van der Waals surface area (Å²) in [6, 6.07) is 7.05. The number of nitrogens with zero attached hydrogens (tertiary/aromatic N) is 1. The normalized spacial score (nSPS) is 21.0. The molecule has 2 rings (SSSR count). The van der Waals surface area contributed by atoms with Crippen LogP contribution in [-0.2, 0) is 4.79 Å². The third kappa shape index (κ3) is 4.75. The lowest BCUT2D eigenvalue weighted by Crippen LogP contribution is -2.44. The molecule has 2 atom stereocenters. The molecule has 1 aliphatic heterocycles. The Kier molecular flexibility index (Phi) is 6.71. The molecule has 0 bridgehead atoms. The van der Waals surface area contributed by atoms with Crippen molar-refractivity contribution in [2.75, 3.05) is 19.6 Å². The van der Waals surface area contributed by atoms with Crippen LogP contribution in [0.15, 0.2) is 24.3 Å². The second-order valence-electron chi connectivity index (χ2n) is 6.88. The van der Waals surface area contributed by atoms with E-state index in [1.165, 1.54) is 12.1 Å². The summed E-state index contributed by atoms with van der Waals surface area (Å²) in [6.07, 6.45) is 0. The number of hydrazine groups is 1. The number of rotatable bonds is 7. The highest BCUT2D eigenvalue weighted by Crippen LogP contribution is 2.25. The van der Waals surface area contributed by atoms with Crippen LogP contribution in [0.5, 0.6) is 0 Å². The fraction of sp³-hybridized carbons (Fsp3) is 0.611. The molecule has 1 saturated heterocycles. The van der Waals surface area contributed by atoms with Gasteiger partial charge in [0, 0.05) is 31.7 Å². The van der Waals surface area contributed by atoms with Crippen molar-refractivity contribution in [1.29, 1.82) is 0 Å². The molecule has 6 heteroatoms. The van der Waals surface area contributed by atoms with Gasteiger partial charge in [0.2, 0.25) is 5.91 Å². The van der Waals surface area contributed by atoms with Gasteiger partial charge in [-0.15, -0.1) is 0 Å². The number of hydrogen-bond donors (Lipinski definition) is 3. The molecule has 0 radical (unpaired) electrons. The lowest BCUT2D eigenvalue weighted by molar-refractivity contribution is -0.125. The number of nitrogens with one attached hydrogen (secondary N) is 3. The van der Waals surface area contributed by atoms with Crippen LogP contribution >= 0.6 is 0 Å². The van der Waals surface area contributed by atoms with E-state index in [1.807, 2.05) is 0 Å². The third-order valence-electron chi connectivity index (χ3n) is 4.54. The largest absolute Gasteiger partial charge is 0.354 e. The molecule has 5 nitrogen and oxygen atoms in total. The summed E-state index contributed by atoms with van der Waals surface area (Å²) in [5, 5.41) is 3.04. The number of amides is 1. The summed E-state index contributed by atoms with van der Waals surface area (Å²) in [4.78, 5) is 14.9. The molecular weight excluding hydrogens is 307 g/mol. The minimum atomic E-state index is -0.270. The lowest BCUT2D eigenvalue weighted by Gasteiger charge is -2.30. The van der Waals surface area contributed by atoms with E-state index in [-0.39, 0.29) is 23.7 Å². The molecule has 0 aliphatic carbocycles. The highest BCUT2D eigenvalue weighted by Gasteiger charge is 2.33. The van der Waals surface area contributed by atoms with Crippen LogP contribution in [0.1, 0.15) is 39.3 Å². The number of carbonyl (C=O) groups is 1. The van der Waals surface area contributed by atoms with Gasteiger partial charge in [-0.05, 0) is 45.4 Å². The van der Waals surface area contributed by atoms with E-state index in [0.717, 1.165) is 12.1 Å². The number of halogens is 1. The number of benzene rings is 1. The Labute approximate surface area is 144 Å². The summed E-state index contributed by atoms with van der Waals surface area (Å²) < 4.78 is 13.1. The highest BCUT2D eigenvalue weighted by molar-refractivity contribution is 5.80. The average molecular weight is 336 g/mol. The maximum atomic E-state index is 13.1. The Balaban J connectivity index is 1.90. The summed E-state index contributed by atoms with van der Waals surface area (Å²) in [7, 11) is 0. The molecule has 24 heavy (non-hydrogen) atoms. The molecule has 0 saturated carbocycles. The summed E-state index contributed by atoms with van der Waals surface area (Å²) in [5.41, 5.74) is 7.06. The fourth-order valence-electron chi connectivity index (χ4n) is 3.28. The maximum absolute atomic E-state index is 13.1. The smallest absolute Gasteiger partial charge is 0.226 e. The van der Waals surface area contributed by atoms with Gasteiger partial charge < -0.3 is 5.32 Å². The van der Waals surface area contributed by atoms with Gasteiger partial charge in [0.05, 0.1) is 12.0 Å². The minimum Gasteiger partial charge on any atom is -0.354 e. The SMILES string of the molecule is CC(C)N(CCNC(=O)C1CNNC1c1ccc(F)cc1)C(C)C. The Morgan fingerprint density at radius 1 is 1.25 bits per heavy atom. The van der Waals surface area contributed by atoms with Crippen LogP contribution in [0.2, 0.25) is 0 Å². The fourth-order valence-corrected chi connectivity index (χ4v) is 3.28. The van der Waals surface area contributed by atoms with Gasteiger partial charge in [-0.3, -0.25) is 15.1 Å². The van der Waals surface area contributed by atoms with Crippen molar-refractivity contribution in [3.8, 4) is 0 Å². The van der Waals surface area contributed by atoms with E-state index in [1.54, 1.807) is 12.1 Å². The van der Waals surface area contributed by atoms with E-state index in [9.17, 15) is 9.18 Å². The highest BCUT2D eigenvalue weighted by atomic mass is 19.1. The minimum absolute atomic E-state index is 0.0225. The van der Waals surface area contributed by atoms with Crippen LogP contribution in [0, 0.1) is 11.7 Å². The molecule has 2 unspecified atom stereocenters. The van der Waals surface area contributed by atoms with Crippen molar-refractivity contribution >= 4 is 5.91 Å². The summed E-state index contributed by atoms with van der Waals surface area (Å²) in [5.74, 6) is -0.454. The van der Waals surface area contributed by atoms with Crippen LogP contribution < -0.4 is 16.2 Å². The predicted octanol–water partition coefficient (Wildman–Crippen LogP) is 1.83. The standard InChI is InChI=1S/C18H29FN4O/c1-12(2)23(13(3)4)10-9-20-18(24)16-11-21-22-17(16)14-5-7-15(19)8-6-14/h5-8,12-13,16-17,21-22H,9-11H2,1-4H3,(H,20,24). The van der Waals surface area contributed by atoms with E-state index in [0.29, 0.717) is 25.2 Å². The molecule has 1 amide bonds. The van der Waals surface area contributed by atoms with Crippen LogP contribution in [0.3, 0.4) is 0 Å². The third-order valence-corrected chi connectivity index (χ3v) is 4.54. The summed E-state index contributed by atoms with van der Waals surface area (Å²) in [6.45, 7) is 10.7. The molecule has 1 aromatic rings. The molecule has 3 N–H and O–H groups in total. The molecular formula is C18H29FN4O. The lowest BCUT2D eigenvalue weighted by atomic mass is 9.94. The Bertz CT molecular complexity index is 524. The zero-order valence-electron chi connectivity index (χ0n) is 15.0. The van der Waals surface area contributed by atoms with Gasteiger partial charge in [0.15, 0.2) is 0 Å². The van der Waals surface area contributed by atoms with Crippen molar-refractivity contribution < 1.29 is 9.18 Å². The molecule has 1 heterocycles. The van der Waals surface area contributed by atoms with E-state index < -0.39 is 0 Å². The van der Waals surface area contributed by atoms with Gasteiger partial charge in [-0.2, -0.15) is 0 Å². The second-order valence-corrected chi connectivity index (χ2v) is 6.88. The Morgan fingerprint density at radius 3 is 2.46 bits per heavy atom. The van der Waals surface area contributed by atoms with E-state index >= 15 is 0 Å². The van der Waals surface area contributed by atoms with Gasteiger partial charge >= 0.3 is 0 Å². The van der Waals surface area contributed by atoms with Crippen molar-refractivity contribution in [1.82, 2.24) is 21.1 Å². The predicted molar refractivity (Wildman–Crippen MR) is 93.8 cm³/mol. The topological polar surface area (TPSA) is 56.4 Å². The van der Waals surface area contributed by atoms with Crippen molar-refractivity contribution in [3.63, 3.8) is 0 Å². The van der Waals surface area contributed by atoms with Gasteiger partial charge in [0.25, 0.3) is 0 Å². The van der Waals surface area contributed by atoms with Crippen LogP contribution in [0.25, 0.3) is 0 Å². The summed E-state index contributed by atoms with van der Waals surface area (Å²) >= 11 is 0. The van der Waals surface area contributed by atoms with Gasteiger partial charge in [-0.25, -0.2) is 9.82 Å². The molecule has 1 aromatic carbocycles. The van der Waals surface area contributed by atoms with Crippen LogP contribution in [-0.4, -0.2) is 42.5 Å². The first-order valence-corrected chi connectivity index (χ1v) is 8.67. The first-order valence-electron chi connectivity index (χ1n) is 8.67. The maximum Gasteiger partial charge on any atom is 0.226 e. The zero-order valence-corrected chi connectivity index (χ0v) is 15.0. The quantitative estimate of drug-likeness (QED) is 0.711. The first kappa shape index (κ1) is 18.8. The molecule has 0 spiro atoms. The van der Waals surface area contributed by atoms with Crippen LogP contribution in [0.4, 0.5) is 4.39 Å². The molecule has 1 aliphatic rings. The molecule has 1 fully saturated rings. The number of carbonyl (C=O) groups excluding carboxylic acids is 1. The second kappa shape index (κ2) is 8.55. The molecule has 0 aromatic heterocycles. The Hall–Kier alpha value is -1.50. The molecule has 134 valence electrons. The van der Waals surface area contributed by atoms with Gasteiger partial charge in [0.1, 0.15) is 5.82 Å². The first-order chi connectivity index (χ1) is 11.4. The number of hydrogen-bond acceptors (Lipinski definition) is 4. The van der Waals surface area contributed by atoms with E-state index in [2.05, 4.69) is 48.8 Å².